The molecule has 2 N–H and O–H groups in total. The highest BCUT2D eigenvalue weighted by molar-refractivity contribution is 6.15. The van der Waals surface area contributed by atoms with Gasteiger partial charge in [0.15, 0.2) is 0 Å². The monoisotopic (exact) mass is 502 g/mol. The van der Waals surface area contributed by atoms with Crippen LogP contribution in [0.4, 0.5) is 17.1 Å². The smallest absolute Gasteiger partial charge is 0.328 e. The van der Waals surface area contributed by atoms with Crippen molar-refractivity contribution in [3.05, 3.63) is 65.7 Å². The van der Waals surface area contributed by atoms with Gasteiger partial charge in [0.25, 0.3) is 5.91 Å². The predicted molar refractivity (Wildman–Crippen MR) is 141 cm³/mol. The number of aliphatic carboxylic acids is 2. The van der Waals surface area contributed by atoms with Crippen molar-refractivity contribution in [2.75, 3.05) is 62.7 Å². The van der Waals surface area contributed by atoms with E-state index in [0.29, 0.717) is 18.7 Å². The Labute approximate surface area is 216 Å². The van der Waals surface area contributed by atoms with Crippen molar-refractivity contribution < 1.29 is 24.6 Å². The zero-order valence-corrected chi connectivity index (χ0v) is 20.8. The molecule has 0 aliphatic carbocycles. The highest BCUT2D eigenvalue weighted by Crippen LogP contribution is 2.45. The normalized spacial score (nSPS) is 16.7. The summed E-state index contributed by atoms with van der Waals surface area (Å²) in [6, 6.07) is 14.3. The molecule has 9 nitrogen and oxygen atoms in total. The third-order valence-corrected chi connectivity index (χ3v) is 6.56. The van der Waals surface area contributed by atoms with Crippen molar-refractivity contribution in [3.8, 4) is 11.8 Å². The van der Waals surface area contributed by atoms with Gasteiger partial charge in [0.2, 0.25) is 0 Å². The SMILES string of the molecule is CN1CCN(CC#CCN2C(=O)c3cccc4c3N(CC4)c3ccccc32)CC1.O=C(O)C=CC(=O)O. The van der Waals surface area contributed by atoms with E-state index in [-0.39, 0.29) is 5.91 Å². The molecule has 0 atom stereocenters. The number of likely N-dealkylation sites (N-methyl/N-ethyl adjacent to an activating group) is 1. The van der Waals surface area contributed by atoms with Gasteiger partial charge >= 0.3 is 11.9 Å². The summed E-state index contributed by atoms with van der Waals surface area (Å²) in [5, 5.41) is 15.6. The second-order valence-corrected chi connectivity index (χ2v) is 9.04. The Hall–Kier alpha value is -4.13. The van der Waals surface area contributed by atoms with E-state index in [1.54, 1.807) is 0 Å². The van der Waals surface area contributed by atoms with Crippen LogP contribution in [0.15, 0.2) is 54.6 Å². The molecule has 3 aliphatic rings. The van der Waals surface area contributed by atoms with Crippen LogP contribution in [0.1, 0.15) is 15.9 Å². The number of rotatable bonds is 4. The number of para-hydroxylation sites is 3. The molecule has 0 saturated carbocycles. The molecule has 2 aromatic carbocycles. The summed E-state index contributed by atoms with van der Waals surface area (Å²) in [4.78, 5) is 41.5. The Bertz CT molecular complexity index is 1250. The van der Waals surface area contributed by atoms with Gasteiger partial charge in [-0.15, -0.1) is 0 Å². The number of hydrogen-bond donors (Lipinski definition) is 2. The summed E-state index contributed by atoms with van der Waals surface area (Å²) in [7, 11) is 2.16. The van der Waals surface area contributed by atoms with E-state index >= 15 is 0 Å². The summed E-state index contributed by atoms with van der Waals surface area (Å²) >= 11 is 0. The first-order valence-electron chi connectivity index (χ1n) is 12.2. The molecule has 1 fully saturated rings. The Morgan fingerprint density at radius 3 is 2.19 bits per heavy atom. The molecule has 0 spiro atoms. The predicted octanol–water partition coefficient (Wildman–Crippen LogP) is 2.30. The van der Waals surface area contributed by atoms with Crippen molar-refractivity contribution in [3.63, 3.8) is 0 Å². The van der Waals surface area contributed by atoms with Gasteiger partial charge in [0, 0.05) is 44.9 Å². The maximum atomic E-state index is 13.5. The molecule has 2 aromatic rings. The highest BCUT2D eigenvalue weighted by atomic mass is 16.4. The van der Waals surface area contributed by atoms with Crippen LogP contribution in [-0.4, -0.2) is 90.7 Å². The van der Waals surface area contributed by atoms with Crippen LogP contribution in [0.5, 0.6) is 0 Å². The maximum Gasteiger partial charge on any atom is 0.328 e. The zero-order chi connectivity index (χ0) is 26.4. The van der Waals surface area contributed by atoms with Crippen LogP contribution in [0.25, 0.3) is 0 Å². The molecule has 5 rings (SSSR count). The third-order valence-electron chi connectivity index (χ3n) is 6.56. The van der Waals surface area contributed by atoms with Crippen LogP contribution in [0.3, 0.4) is 0 Å². The van der Waals surface area contributed by atoms with E-state index in [4.69, 9.17) is 10.2 Å². The van der Waals surface area contributed by atoms with Crippen molar-refractivity contribution in [1.29, 1.82) is 0 Å². The molecule has 9 heteroatoms. The summed E-state index contributed by atoms with van der Waals surface area (Å²) < 4.78 is 0. The standard InChI is InChI=1S/C24H26N4O.C4H4O4/c1-25-15-17-26(18-16-25)12-4-5-13-28-22-10-3-2-9-21(22)27-14-11-19-7-6-8-20(23(19)27)24(28)29;5-3(6)1-2-4(7)8/h2-3,6-10H,11-18H2,1H3;1-2H,(H,5,6)(H,7,8). The number of fused-ring (bicyclic) bond motifs is 2. The Morgan fingerprint density at radius 1 is 0.865 bits per heavy atom. The minimum absolute atomic E-state index is 0.0487. The lowest BCUT2D eigenvalue weighted by Gasteiger charge is -2.30. The zero-order valence-electron chi connectivity index (χ0n) is 20.8. The molecule has 37 heavy (non-hydrogen) atoms. The first-order chi connectivity index (χ1) is 17.8. The minimum atomic E-state index is -1.26. The number of benzene rings is 2. The van der Waals surface area contributed by atoms with E-state index in [1.807, 2.05) is 35.2 Å². The van der Waals surface area contributed by atoms with Gasteiger partial charge in [-0.05, 0) is 37.2 Å². The number of hydrogen-bond acceptors (Lipinski definition) is 6. The average molecular weight is 503 g/mol. The average Bonchev–Trinajstić information content (AvgIpc) is 3.29. The summed E-state index contributed by atoms with van der Waals surface area (Å²) in [5.41, 5.74) is 5.18. The number of carboxylic acid groups (broad SMARTS) is 2. The van der Waals surface area contributed by atoms with Crippen LogP contribution in [0.2, 0.25) is 0 Å². The van der Waals surface area contributed by atoms with Gasteiger partial charge in [-0.1, -0.05) is 36.1 Å². The fourth-order valence-corrected chi connectivity index (χ4v) is 4.65. The van der Waals surface area contributed by atoms with Crippen LogP contribution < -0.4 is 9.80 Å². The lowest BCUT2D eigenvalue weighted by atomic mass is 10.1. The lowest BCUT2D eigenvalue weighted by molar-refractivity contribution is -0.134. The fraction of sp³-hybridized carbons (Fsp3) is 0.321. The number of carbonyl (C=O) groups is 3. The summed E-state index contributed by atoms with van der Waals surface area (Å²) in [6.45, 7) is 6.40. The van der Waals surface area contributed by atoms with E-state index in [2.05, 4.69) is 45.7 Å². The largest absolute Gasteiger partial charge is 0.478 e. The minimum Gasteiger partial charge on any atom is -0.478 e. The molecule has 0 radical (unpaired) electrons. The number of carbonyl (C=O) groups excluding carboxylic acids is 1. The number of piperazine rings is 1. The molecule has 1 amide bonds. The number of nitrogens with zero attached hydrogens (tertiary/aromatic N) is 4. The summed E-state index contributed by atoms with van der Waals surface area (Å²) in [5.74, 6) is 4.11. The number of amides is 1. The molecule has 3 aliphatic heterocycles. The Kier molecular flexibility index (Phi) is 8.23. The Balaban J connectivity index is 0.000000349. The molecule has 3 heterocycles. The molecule has 192 valence electrons. The molecule has 0 aromatic heterocycles. The van der Waals surface area contributed by atoms with E-state index in [9.17, 15) is 14.4 Å². The quantitative estimate of drug-likeness (QED) is 0.485. The van der Waals surface area contributed by atoms with E-state index in [0.717, 1.165) is 68.3 Å². The van der Waals surface area contributed by atoms with Gasteiger partial charge < -0.3 is 20.0 Å². The van der Waals surface area contributed by atoms with Gasteiger partial charge in [0.05, 0.1) is 35.7 Å². The van der Waals surface area contributed by atoms with Crippen LogP contribution in [-0.2, 0) is 16.0 Å². The number of carboxylic acids is 2. The second kappa shape index (κ2) is 11.7. The van der Waals surface area contributed by atoms with E-state index < -0.39 is 11.9 Å². The van der Waals surface area contributed by atoms with Gasteiger partial charge in [-0.2, -0.15) is 0 Å². The lowest BCUT2D eigenvalue weighted by Crippen LogP contribution is -2.44. The molecule has 1 saturated heterocycles. The van der Waals surface area contributed by atoms with Crippen LogP contribution in [0, 0.1) is 11.8 Å². The van der Waals surface area contributed by atoms with Gasteiger partial charge in [-0.3, -0.25) is 14.6 Å². The first-order valence-corrected chi connectivity index (χ1v) is 12.2. The second-order valence-electron chi connectivity index (χ2n) is 9.04. The highest BCUT2D eigenvalue weighted by Gasteiger charge is 2.34. The van der Waals surface area contributed by atoms with Crippen molar-refractivity contribution in [2.45, 2.75) is 6.42 Å². The van der Waals surface area contributed by atoms with Crippen LogP contribution >= 0.6 is 0 Å². The van der Waals surface area contributed by atoms with Crippen molar-refractivity contribution >= 4 is 34.9 Å². The van der Waals surface area contributed by atoms with Gasteiger partial charge in [-0.25, -0.2) is 9.59 Å². The maximum absolute atomic E-state index is 13.5. The molecular weight excluding hydrogens is 472 g/mol. The fourth-order valence-electron chi connectivity index (χ4n) is 4.65. The molecular formula is C28H30N4O5. The summed E-state index contributed by atoms with van der Waals surface area (Å²) in [6.07, 6.45) is 2.10. The third kappa shape index (κ3) is 6.17. The van der Waals surface area contributed by atoms with E-state index in [1.165, 1.54) is 5.56 Å². The topological polar surface area (TPSA) is 105 Å². The first kappa shape index (κ1) is 25.9. The van der Waals surface area contributed by atoms with Gasteiger partial charge in [0.1, 0.15) is 0 Å². The molecule has 0 unspecified atom stereocenters. The van der Waals surface area contributed by atoms with Crippen molar-refractivity contribution in [2.24, 2.45) is 0 Å². The van der Waals surface area contributed by atoms with Crippen molar-refractivity contribution in [1.82, 2.24) is 9.80 Å². The Morgan fingerprint density at radius 2 is 1.51 bits per heavy atom. The molecule has 0 bridgehead atoms. The number of anilines is 3.